The van der Waals surface area contributed by atoms with Crippen molar-refractivity contribution in [3.8, 4) is 5.75 Å². The van der Waals surface area contributed by atoms with Gasteiger partial charge in [0.05, 0.1) is 0 Å². The molecule has 0 spiro atoms. The third kappa shape index (κ3) is 3.55. The number of aryl methyl sites for hydroxylation is 1. The van der Waals surface area contributed by atoms with Crippen molar-refractivity contribution >= 4 is 11.6 Å². The molecule has 0 aromatic heterocycles. The van der Waals surface area contributed by atoms with Crippen LogP contribution in [-0.4, -0.2) is 0 Å². The van der Waals surface area contributed by atoms with Gasteiger partial charge in [0.25, 0.3) is 0 Å². The first-order chi connectivity index (χ1) is 9.38. The number of ether oxygens (including phenoxy) is 1. The maximum Gasteiger partial charge on any atom is 0.119 e. The van der Waals surface area contributed by atoms with E-state index in [1.807, 2.05) is 24.3 Å². The fraction of sp³-hybridized carbons (Fsp3) is 0.333. The minimum atomic E-state index is 0.116. The van der Waals surface area contributed by atoms with E-state index in [4.69, 9.17) is 16.3 Å². The predicted octanol–water partition coefficient (Wildman–Crippen LogP) is 5.52. The summed E-state index contributed by atoms with van der Waals surface area (Å²) in [5.74, 6) is 0.845. The Bertz CT molecular complexity index is 579. The Morgan fingerprint density at radius 3 is 2.25 bits per heavy atom. The lowest BCUT2D eigenvalue weighted by Crippen LogP contribution is -2.16. The van der Waals surface area contributed by atoms with Crippen LogP contribution in [0.1, 0.15) is 37.5 Å². The Kier molecular flexibility index (Phi) is 4.39. The Balaban J connectivity index is 2.23. The summed E-state index contributed by atoms with van der Waals surface area (Å²) in [5, 5.41) is 0.726. The molecule has 106 valence electrons. The topological polar surface area (TPSA) is 9.23 Å². The first-order valence-corrected chi connectivity index (χ1v) is 7.23. The summed E-state index contributed by atoms with van der Waals surface area (Å²) in [6.07, 6.45) is 0. The zero-order valence-corrected chi connectivity index (χ0v) is 13.3. The molecule has 0 aliphatic heterocycles. The van der Waals surface area contributed by atoms with E-state index in [9.17, 15) is 0 Å². The molecule has 0 radical (unpaired) electrons. The van der Waals surface area contributed by atoms with Gasteiger partial charge < -0.3 is 4.74 Å². The Morgan fingerprint density at radius 1 is 1.00 bits per heavy atom. The van der Waals surface area contributed by atoms with Crippen LogP contribution in [0.3, 0.4) is 0 Å². The zero-order valence-electron chi connectivity index (χ0n) is 12.5. The molecule has 0 bridgehead atoms. The first kappa shape index (κ1) is 14.9. The maximum absolute atomic E-state index is 5.91. The molecule has 0 fully saturated rings. The smallest absolute Gasteiger partial charge is 0.119 e. The molecule has 0 aliphatic carbocycles. The standard InChI is InChI=1S/C18H21ClO/c1-13-6-5-7-17(18(2,3)4)16(13)12-20-15-10-8-14(19)9-11-15/h5-11H,12H2,1-4H3. The van der Waals surface area contributed by atoms with E-state index in [0.29, 0.717) is 6.61 Å². The van der Waals surface area contributed by atoms with Crippen LogP contribution in [0, 0.1) is 6.92 Å². The fourth-order valence-electron chi connectivity index (χ4n) is 2.28. The molecular weight excluding hydrogens is 268 g/mol. The van der Waals surface area contributed by atoms with Crippen molar-refractivity contribution in [2.75, 3.05) is 0 Å². The van der Waals surface area contributed by atoms with Gasteiger partial charge in [-0.3, -0.25) is 0 Å². The summed E-state index contributed by atoms with van der Waals surface area (Å²) in [7, 11) is 0. The number of benzene rings is 2. The molecule has 0 saturated carbocycles. The van der Waals surface area contributed by atoms with Crippen LogP contribution in [0.4, 0.5) is 0 Å². The predicted molar refractivity (Wildman–Crippen MR) is 85.7 cm³/mol. The van der Waals surface area contributed by atoms with Crippen LogP contribution in [0.15, 0.2) is 42.5 Å². The first-order valence-electron chi connectivity index (χ1n) is 6.85. The van der Waals surface area contributed by atoms with Crippen molar-refractivity contribution < 1.29 is 4.74 Å². The maximum atomic E-state index is 5.91. The van der Waals surface area contributed by atoms with Crippen molar-refractivity contribution in [2.24, 2.45) is 0 Å². The summed E-state index contributed by atoms with van der Waals surface area (Å²) in [6, 6.07) is 13.9. The molecule has 0 aliphatic rings. The molecule has 0 atom stereocenters. The van der Waals surface area contributed by atoms with Gasteiger partial charge in [-0.1, -0.05) is 50.6 Å². The second-order valence-corrected chi connectivity index (χ2v) is 6.53. The third-order valence-electron chi connectivity index (χ3n) is 3.42. The Labute approximate surface area is 126 Å². The highest BCUT2D eigenvalue weighted by molar-refractivity contribution is 6.30. The van der Waals surface area contributed by atoms with Gasteiger partial charge in [0, 0.05) is 5.02 Å². The van der Waals surface area contributed by atoms with Crippen LogP contribution in [0.5, 0.6) is 5.75 Å². The number of rotatable bonds is 3. The lowest BCUT2D eigenvalue weighted by atomic mass is 9.82. The Morgan fingerprint density at radius 2 is 1.65 bits per heavy atom. The van der Waals surface area contributed by atoms with Crippen LogP contribution >= 0.6 is 11.6 Å². The average molecular weight is 289 g/mol. The van der Waals surface area contributed by atoms with Crippen LogP contribution in [0.2, 0.25) is 5.02 Å². The summed E-state index contributed by atoms with van der Waals surface area (Å²) >= 11 is 5.88. The molecule has 0 heterocycles. The molecule has 2 heteroatoms. The summed E-state index contributed by atoms with van der Waals surface area (Å²) < 4.78 is 5.91. The molecule has 20 heavy (non-hydrogen) atoms. The van der Waals surface area contributed by atoms with Crippen LogP contribution in [-0.2, 0) is 12.0 Å². The van der Waals surface area contributed by atoms with Crippen LogP contribution < -0.4 is 4.74 Å². The minimum absolute atomic E-state index is 0.116. The summed E-state index contributed by atoms with van der Waals surface area (Å²) in [5.41, 5.74) is 4.00. The van der Waals surface area contributed by atoms with Gasteiger partial charge in [0.2, 0.25) is 0 Å². The lowest BCUT2D eigenvalue weighted by molar-refractivity contribution is 0.302. The molecule has 0 amide bonds. The van der Waals surface area contributed by atoms with Crippen molar-refractivity contribution in [3.63, 3.8) is 0 Å². The SMILES string of the molecule is Cc1cccc(C(C)(C)C)c1COc1ccc(Cl)cc1. The molecule has 0 unspecified atom stereocenters. The zero-order chi connectivity index (χ0) is 14.8. The second kappa shape index (κ2) is 5.88. The molecule has 2 rings (SSSR count). The average Bonchev–Trinajstić information content (AvgIpc) is 2.38. The third-order valence-corrected chi connectivity index (χ3v) is 3.67. The normalized spacial score (nSPS) is 11.4. The number of halogens is 1. The van der Waals surface area contributed by atoms with Gasteiger partial charge in [-0.05, 0) is 53.3 Å². The van der Waals surface area contributed by atoms with Crippen molar-refractivity contribution in [1.29, 1.82) is 0 Å². The van der Waals surface area contributed by atoms with Crippen molar-refractivity contribution in [1.82, 2.24) is 0 Å². The Hall–Kier alpha value is -1.47. The highest BCUT2D eigenvalue weighted by Gasteiger charge is 2.19. The lowest BCUT2D eigenvalue weighted by Gasteiger charge is -2.24. The van der Waals surface area contributed by atoms with E-state index in [2.05, 4.69) is 45.9 Å². The van der Waals surface area contributed by atoms with Gasteiger partial charge >= 0.3 is 0 Å². The van der Waals surface area contributed by atoms with Gasteiger partial charge in [-0.2, -0.15) is 0 Å². The monoisotopic (exact) mass is 288 g/mol. The fourth-order valence-corrected chi connectivity index (χ4v) is 2.41. The summed E-state index contributed by atoms with van der Waals surface area (Å²) in [4.78, 5) is 0. The van der Waals surface area contributed by atoms with Crippen molar-refractivity contribution in [2.45, 2.75) is 39.7 Å². The van der Waals surface area contributed by atoms with Gasteiger partial charge in [0.15, 0.2) is 0 Å². The number of hydrogen-bond acceptors (Lipinski definition) is 1. The van der Waals surface area contributed by atoms with E-state index < -0.39 is 0 Å². The van der Waals surface area contributed by atoms with E-state index in [-0.39, 0.29) is 5.41 Å². The molecule has 2 aromatic rings. The van der Waals surface area contributed by atoms with E-state index in [0.717, 1.165) is 10.8 Å². The van der Waals surface area contributed by atoms with Crippen LogP contribution in [0.25, 0.3) is 0 Å². The second-order valence-electron chi connectivity index (χ2n) is 6.09. The molecule has 1 nitrogen and oxygen atoms in total. The number of hydrogen-bond donors (Lipinski definition) is 0. The van der Waals surface area contributed by atoms with E-state index in [1.54, 1.807) is 0 Å². The molecule has 0 saturated heterocycles. The van der Waals surface area contributed by atoms with E-state index >= 15 is 0 Å². The molecule has 0 N–H and O–H groups in total. The largest absolute Gasteiger partial charge is 0.489 e. The summed E-state index contributed by atoms with van der Waals surface area (Å²) in [6.45, 7) is 9.41. The van der Waals surface area contributed by atoms with Gasteiger partial charge in [-0.15, -0.1) is 0 Å². The highest BCUT2D eigenvalue weighted by Crippen LogP contribution is 2.29. The quantitative estimate of drug-likeness (QED) is 0.722. The minimum Gasteiger partial charge on any atom is -0.489 e. The molecule has 2 aromatic carbocycles. The van der Waals surface area contributed by atoms with E-state index in [1.165, 1.54) is 16.7 Å². The van der Waals surface area contributed by atoms with Gasteiger partial charge in [-0.25, -0.2) is 0 Å². The molecular formula is C18H21ClO. The van der Waals surface area contributed by atoms with Crippen molar-refractivity contribution in [3.05, 3.63) is 64.2 Å². The van der Waals surface area contributed by atoms with Gasteiger partial charge in [0.1, 0.15) is 12.4 Å². The highest BCUT2D eigenvalue weighted by atomic mass is 35.5.